The van der Waals surface area contributed by atoms with Crippen LogP contribution >= 0.6 is 0 Å². The molecule has 5 nitrogen and oxygen atoms in total. The van der Waals surface area contributed by atoms with E-state index in [0.717, 1.165) is 0 Å². The number of aliphatic hydroxyl groups is 2. The van der Waals surface area contributed by atoms with Crippen LogP contribution in [-0.2, 0) is 14.6 Å². The average Bonchev–Trinajstić information content (AvgIpc) is 2.54. The third-order valence-electron chi connectivity index (χ3n) is 4.94. The van der Waals surface area contributed by atoms with Gasteiger partial charge in [0.05, 0.1) is 6.10 Å². The maximum Gasteiger partial charge on any atom is 0.164 e. The molecular formula is C14H20O5. The Kier molecular flexibility index (Phi) is 2.71. The maximum absolute atomic E-state index is 12.1. The van der Waals surface area contributed by atoms with Crippen molar-refractivity contribution in [2.75, 3.05) is 0 Å². The highest BCUT2D eigenvalue weighted by Gasteiger charge is 2.60. The molecule has 0 unspecified atom stereocenters. The van der Waals surface area contributed by atoms with E-state index in [2.05, 4.69) is 0 Å². The van der Waals surface area contributed by atoms with Crippen molar-refractivity contribution in [3.05, 3.63) is 11.1 Å². The summed E-state index contributed by atoms with van der Waals surface area (Å²) in [7, 11) is 0. The number of hydrogen-bond donors (Lipinski definition) is 2. The van der Waals surface area contributed by atoms with Crippen LogP contribution < -0.4 is 0 Å². The molecule has 106 valence electrons. The zero-order valence-corrected chi connectivity index (χ0v) is 11.5. The maximum atomic E-state index is 12.1. The van der Waals surface area contributed by atoms with E-state index in [0.29, 0.717) is 24.0 Å². The van der Waals surface area contributed by atoms with Crippen LogP contribution in [0.15, 0.2) is 11.1 Å². The second-order valence-corrected chi connectivity index (χ2v) is 6.38. The summed E-state index contributed by atoms with van der Waals surface area (Å²) in [6.07, 6.45) is -0.657. The summed E-state index contributed by atoms with van der Waals surface area (Å²) < 4.78 is 0. The molecule has 4 rings (SSSR count). The number of fused-ring (bicyclic) bond motifs is 2. The van der Waals surface area contributed by atoms with Gasteiger partial charge in [-0.2, -0.15) is 0 Å². The van der Waals surface area contributed by atoms with Gasteiger partial charge in [-0.05, 0) is 31.3 Å². The molecule has 2 bridgehead atoms. The molecule has 0 aromatic carbocycles. The Labute approximate surface area is 112 Å². The SMILES string of the molecule is CC(C)[C@@]12CC[C@](C)(OO1)C1=C([C@H](O)CC1=O)[C@H]2O. The van der Waals surface area contributed by atoms with Crippen molar-refractivity contribution < 1.29 is 24.8 Å². The standard InChI is InChI=1S/C14H20O5/c1-7(2)14-5-4-13(3,18-19-14)11-9(16)6-8(15)10(11)12(14)17/h7-8,12,15,17H,4-6H2,1-3H3/t8-,12-,13+,14-/m1/s1. The van der Waals surface area contributed by atoms with Crippen LogP contribution in [0.5, 0.6) is 0 Å². The van der Waals surface area contributed by atoms with Crippen LogP contribution in [0.3, 0.4) is 0 Å². The van der Waals surface area contributed by atoms with Gasteiger partial charge in [0.2, 0.25) is 0 Å². The summed E-state index contributed by atoms with van der Waals surface area (Å²) in [5.74, 6) is -0.129. The van der Waals surface area contributed by atoms with Gasteiger partial charge in [0.25, 0.3) is 0 Å². The van der Waals surface area contributed by atoms with Crippen molar-refractivity contribution in [3.8, 4) is 0 Å². The number of hydrogen-bond acceptors (Lipinski definition) is 5. The summed E-state index contributed by atoms with van der Waals surface area (Å²) in [5.41, 5.74) is -0.883. The quantitative estimate of drug-likeness (QED) is 0.691. The summed E-state index contributed by atoms with van der Waals surface area (Å²) >= 11 is 0. The Morgan fingerprint density at radius 2 is 1.95 bits per heavy atom. The van der Waals surface area contributed by atoms with E-state index in [9.17, 15) is 15.0 Å². The first-order valence-corrected chi connectivity index (χ1v) is 6.82. The van der Waals surface area contributed by atoms with Crippen molar-refractivity contribution in [1.82, 2.24) is 0 Å². The Balaban J connectivity index is 2.19. The predicted octanol–water partition coefficient (Wildman–Crippen LogP) is 0.887. The minimum Gasteiger partial charge on any atom is -0.388 e. The number of Topliss-reactive ketones (excluding diaryl/α,β-unsaturated/α-hetero) is 1. The van der Waals surface area contributed by atoms with Crippen LogP contribution in [0.4, 0.5) is 0 Å². The molecule has 1 saturated heterocycles. The van der Waals surface area contributed by atoms with E-state index in [-0.39, 0.29) is 18.1 Å². The molecule has 0 aromatic rings. The monoisotopic (exact) mass is 268 g/mol. The van der Waals surface area contributed by atoms with Crippen molar-refractivity contribution in [2.24, 2.45) is 5.92 Å². The van der Waals surface area contributed by atoms with Gasteiger partial charge in [-0.1, -0.05) is 13.8 Å². The molecule has 0 spiro atoms. The minimum absolute atomic E-state index is 0.0156. The lowest BCUT2D eigenvalue weighted by atomic mass is 9.78. The highest BCUT2D eigenvalue weighted by molar-refractivity contribution is 6.01. The summed E-state index contributed by atoms with van der Waals surface area (Å²) in [5, 5.41) is 20.8. The zero-order chi connectivity index (χ0) is 14.0. The van der Waals surface area contributed by atoms with Crippen LogP contribution in [0.1, 0.15) is 40.0 Å². The fraction of sp³-hybridized carbons (Fsp3) is 0.786. The summed E-state index contributed by atoms with van der Waals surface area (Å²) in [6, 6.07) is 0. The van der Waals surface area contributed by atoms with Crippen molar-refractivity contribution in [2.45, 2.75) is 63.4 Å². The molecule has 2 heterocycles. The van der Waals surface area contributed by atoms with E-state index >= 15 is 0 Å². The van der Waals surface area contributed by atoms with Gasteiger partial charge < -0.3 is 10.2 Å². The van der Waals surface area contributed by atoms with Gasteiger partial charge >= 0.3 is 0 Å². The second-order valence-electron chi connectivity index (χ2n) is 6.38. The molecule has 19 heavy (non-hydrogen) atoms. The van der Waals surface area contributed by atoms with Crippen LogP contribution in [0.2, 0.25) is 0 Å². The molecule has 0 radical (unpaired) electrons. The topological polar surface area (TPSA) is 76.0 Å². The van der Waals surface area contributed by atoms with Gasteiger partial charge in [0.1, 0.15) is 17.3 Å². The van der Waals surface area contributed by atoms with Crippen LogP contribution in [0, 0.1) is 5.92 Å². The van der Waals surface area contributed by atoms with Crippen molar-refractivity contribution in [1.29, 1.82) is 0 Å². The number of carbonyl (C=O) groups is 1. The lowest BCUT2D eigenvalue weighted by Crippen LogP contribution is -2.54. The number of ketones is 1. The third-order valence-corrected chi connectivity index (χ3v) is 4.94. The molecule has 5 heteroatoms. The summed E-state index contributed by atoms with van der Waals surface area (Å²) in [4.78, 5) is 23.2. The predicted molar refractivity (Wildman–Crippen MR) is 66.0 cm³/mol. The fourth-order valence-corrected chi connectivity index (χ4v) is 3.63. The van der Waals surface area contributed by atoms with Crippen molar-refractivity contribution in [3.63, 3.8) is 0 Å². The third kappa shape index (κ3) is 1.53. The number of rotatable bonds is 1. The van der Waals surface area contributed by atoms with Gasteiger partial charge in [-0.15, -0.1) is 0 Å². The Hall–Kier alpha value is -0.750. The first-order valence-electron chi connectivity index (χ1n) is 6.82. The first-order chi connectivity index (χ1) is 8.82. The zero-order valence-electron chi connectivity index (χ0n) is 11.5. The molecule has 0 saturated carbocycles. The largest absolute Gasteiger partial charge is 0.388 e. The van der Waals surface area contributed by atoms with Gasteiger partial charge in [0.15, 0.2) is 5.78 Å². The lowest BCUT2D eigenvalue weighted by Gasteiger charge is -2.45. The average molecular weight is 268 g/mol. The fourth-order valence-electron chi connectivity index (χ4n) is 3.63. The Morgan fingerprint density at radius 1 is 1.26 bits per heavy atom. The molecule has 2 N–H and O–H groups in total. The highest BCUT2D eigenvalue weighted by atomic mass is 17.2. The Morgan fingerprint density at radius 3 is 2.47 bits per heavy atom. The first kappa shape index (κ1) is 13.2. The lowest BCUT2D eigenvalue weighted by molar-refractivity contribution is -0.442. The van der Waals surface area contributed by atoms with E-state index in [1.54, 1.807) is 6.92 Å². The summed E-state index contributed by atoms with van der Waals surface area (Å²) in [6.45, 7) is 5.69. The van der Waals surface area contributed by atoms with Crippen molar-refractivity contribution >= 4 is 5.78 Å². The number of aliphatic hydroxyl groups excluding tert-OH is 2. The molecule has 1 fully saturated rings. The van der Waals surface area contributed by atoms with Crippen LogP contribution in [-0.4, -0.2) is 39.4 Å². The molecule has 0 amide bonds. The smallest absolute Gasteiger partial charge is 0.164 e. The molecule has 2 aliphatic heterocycles. The van der Waals surface area contributed by atoms with Crippen LogP contribution in [0.25, 0.3) is 0 Å². The van der Waals surface area contributed by atoms with Gasteiger partial charge in [-0.3, -0.25) is 4.79 Å². The van der Waals surface area contributed by atoms with E-state index in [1.807, 2.05) is 13.8 Å². The Bertz CT molecular complexity index is 456. The highest BCUT2D eigenvalue weighted by Crippen LogP contribution is 2.52. The molecular weight excluding hydrogens is 248 g/mol. The molecule has 4 aliphatic rings. The second kappa shape index (κ2) is 3.88. The van der Waals surface area contributed by atoms with E-state index in [4.69, 9.17) is 9.78 Å². The normalized spacial score (nSPS) is 45.9. The molecule has 0 aromatic heterocycles. The van der Waals surface area contributed by atoms with Gasteiger partial charge in [-0.25, -0.2) is 9.78 Å². The molecule has 2 aliphatic carbocycles. The van der Waals surface area contributed by atoms with E-state index < -0.39 is 23.4 Å². The minimum atomic E-state index is -0.992. The molecule has 4 atom stereocenters. The van der Waals surface area contributed by atoms with E-state index in [1.165, 1.54) is 0 Å². The number of carbonyl (C=O) groups excluding carboxylic acids is 1. The van der Waals surface area contributed by atoms with Gasteiger partial charge in [0, 0.05) is 12.0 Å².